The average molecular weight is 301 g/mol. The Bertz CT molecular complexity index is 416. The van der Waals surface area contributed by atoms with Gasteiger partial charge in [0.1, 0.15) is 5.60 Å². The van der Waals surface area contributed by atoms with Gasteiger partial charge in [-0.05, 0) is 32.9 Å². The van der Waals surface area contributed by atoms with Crippen molar-refractivity contribution in [3.05, 3.63) is 35.4 Å². The molecule has 0 bridgehead atoms. The van der Waals surface area contributed by atoms with Gasteiger partial charge in [0.05, 0.1) is 6.54 Å². The molecule has 6 heteroatoms. The number of halogens is 1. The molecule has 20 heavy (non-hydrogen) atoms. The van der Waals surface area contributed by atoms with E-state index in [9.17, 15) is 9.59 Å². The minimum atomic E-state index is -0.587. The molecule has 1 aromatic rings. The van der Waals surface area contributed by atoms with E-state index in [0.717, 1.165) is 5.02 Å². The topological polar surface area (TPSA) is 67.4 Å². The number of amides is 2. The summed E-state index contributed by atoms with van der Waals surface area (Å²) >= 11 is 5.54. The number of rotatable bonds is 2. The maximum atomic E-state index is 11.0. The first-order valence-electron chi connectivity index (χ1n) is 6.12. The Kier molecular flexibility index (Phi) is 8.40. The SMILES string of the molecule is CNC(=O)CNC(=O)OC(C)(C)C.Clc1ccccc1. The summed E-state index contributed by atoms with van der Waals surface area (Å²) < 4.78 is 4.90. The number of alkyl carbamates (subject to hydrolysis) is 1. The van der Waals surface area contributed by atoms with Crippen molar-refractivity contribution >= 4 is 23.6 Å². The molecule has 0 aromatic heterocycles. The van der Waals surface area contributed by atoms with Crippen LogP contribution in [-0.4, -0.2) is 31.2 Å². The van der Waals surface area contributed by atoms with E-state index in [0.29, 0.717) is 0 Å². The summed E-state index contributed by atoms with van der Waals surface area (Å²) in [7, 11) is 1.50. The number of ether oxygens (including phenoxy) is 1. The molecule has 0 unspecified atom stereocenters. The lowest BCUT2D eigenvalue weighted by Gasteiger charge is -2.19. The Hall–Kier alpha value is -1.75. The van der Waals surface area contributed by atoms with Crippen molar-refractivity contribution in [1.29, 1.82) is 0 Å². The highest BCUT2D eigenvalue weighted by Crippen LogP contribution is 2.06. The number of carbonyl (C=O) groups is 2. The van der Waals surface area contributed by atoms with Crippen LogP contribution in [0.2, 0.25) is 5.02 Å². The molecule has 5 nitrogen and oxygen atoms in total. The molecule has 0 spiro atoms. The predicted octanol–water partition coefficient (Wildman–Crippen LogP) is 2.60. The maximum absolute atomic E-state index is 11.0. The molecule has 0 saturated heterocycles. The predicted molar refractivity (Wildman–Crippen MR) is 79.8 cm³/mol. The van der Waals surface area contributed by atoms with E-state index in [1.54, 1.807) is 20.8 Å². The molecule has 0 aliphatic rings. The van der Waals surface area contributed by atoms with Crippen molar-refractivity contribution < 1.29 is 14.3 Å². The average Bonchev–Trinajstić information content (AvgIpc) is 2.35. The van der Waals surface area contributed by atoms with Crippen molar-refractivity contribution in [3.8, 4) is 0 Å². The Balaban J connectivity index is 0.000000428. The molecule has 2 amide bonds. The van der Waals surface area contributed by atoms with Gasteiger partial charge in [-0.15, -0.1) is 0 Å². The molecular weight excluding hydrogens is 280 g/mol. The molecule has 0 fully saturated rings. The fourth-order valence-corrected chi connectivity index (χ4v) is 1.12. The molecule has 1 aromatic carbocycles. The smallest absolute Gasteiger partial charge is 0.408 e. The minimum Gasteiger partial charge on any atom is -0.444 e. The second kappa shape index (κ2) is 9.20. The summed E-state index contributed by atoms with van der Waals surface area (Å²) in [5.74, 6) is -0.258. The van der Waals surface area contributed by atoms with E-state index in [1.807, 2.05) is 30.3 Å². The number of benzene rings is 1. The van der Waals surface area contributed by atoms with Crippen LogP contribution in [0.1, 0.15) is 20.8 Å². The summed E-state index contributed by atoms with van der Waals surface area (Å²) in [6.07, 6.45) is -0.587. The normalized spacial score (nSPS) is 9.85. The molecule has 2 N–H and O–H groups in total. The van der Waals surface area contributed by atoms with E-state index in [1.165, 1.54) is 7.05 Å². The van der Waals surface area contributed by atoms with Gasteiger partial charge in [0.15, 0.2) is 0 Å². The van der Waals surface area contributed by atoms with Crippen molar-refractivity contribution in [2.75, 3.05) is 13.6 Å². The molecule has 112 valence electrons. The third-order valence-corrected chi connectivity index (χ3v) is 2.06. The largest absolute Gasteiger partial charge is 0.444 e. The molecule has 1 rings (SSSR count). The Morgan fingerprint density at radius 3 is 2.10 bits per heavy atom. The number of hydrogen-bond donors (Lipinski definition) is 2. The fraction of sp³-hybridized carbons (Fsp3) is 0.429. The van der Waals surface area contributed by atoms with Gasteiger partial charge in [0.25, 0.3) is 0 Å². The Labute approximate surface area is 124 Å². The van der Waals surface area contributed by atoms with Gasteiger partial charge in [0.2, 0.25) is 5.91 Å². The molecular formula is C14H21ClN2O3. The Morgan fingerprint density at radius 2 is 1.75 bits per heavy atom. The first kappa shape index (κ1) is 18.2. The van der Waals surface area contributed by atoms with Crippen LogP contribution in [-0.2, 0) is 9.53 Å². The zero-order chi connectivity index (χ0) is 15.6. The van der Waals surface area contributed by atoms with Crippen molar-refractivity contribution in [3.63, 3.8) is 0 Å². The van der Waals surface area contributed by atoms with Crippen molar-refractivity contribution in [1.82, 2.24) is 10.6 Å². The monoisotopic (exact) mass is 300 g/mol. The molecule has 0 aliphatic carbocycles. The van der Waals surface area contributed by atoms with E-state index < -0.39 is 11.7 Å². The van der Waals surface area contributed by atoms with Gasteiger partial charge in [-0.2, -0.15) is 0 Å². The number of nitrogens with one attached hydrogen (secondary N) is 2. The Morgan fingerprint density at radius 1 is 1.20 bits per heavy atom. The highest BCUT2D eigenvalue weighted by molar-refractivity contribution is 6.30. The van der Waals surface area contributed by atoms with Crippen LogP contribution in [0.15, 0.2) is 30.3 Å². The second-order valence-corrected chi connectivity index (χ2v) is 5.26. The maximum Gasteiger partial charge on any atom is 0.408 e. The zero-order valence-electron chi connectivity index (χ0n) is 12.2. The summed E-state index contributed by atoms with van der Waals surface area (Å²) in [5, 5.41) is 5.48. The first-order valence-corrected chi connectivity index (χ1v) is 6.50. The van der Waals surface area contributed by atoms with Gasteiger partial charge < -0.3 is 15.4 Å². The van der Waals surface area contributed by atoms with Crippen LogP contribution < -0.4 is 10.6 Å². The molecule has 0 heterocycles. The van der Waals surface area contributed by atoms with Crippen LogP contribution in [0.25, 0.3) is 0 Å². The lowest BCUT2D eigenvalue weighted by molar-refractivity contribution is -0.119. The van der Waals surface area contributed by atoms with Crippen molar-refractivity contribution in [2.24, 2.45) is 0 Å². The number of likely N-dealkylation sites (N-methyl/N-ethyl adjacent to an activating group) is 1. The third-order valence-electron chi connectivity index (χ3n) is 1.80. The second-order valence-electron chi connectivity index (χ2n) is 4.82. The van der Waals surface area contributed by atoms with E-state index in [4.69, 9.17) is 16.3 Å². The number of hydrogen-bond acceptors (Lipinski definition) is 3. The van der Waals surface area contributed by atoms with Crippen molar-refractivity contribution in [2.45, 2.75) is 26.4 Å². The summed E-state index contributed by atoms with van der Waals surface area (Å²) in [6.45, 7) is 5.21. The summed E-state index contributed by atoms with van der Waals surface area (Å²) in [6, 6.07) is 9.44. The number of carbonyl (C=O) groups excluding carboxylic acids is 2. The van der Waals surface area contributed by atoms with Gasteiger partial charge >= 0.3 is 6.09 Å². The zero-order valence-corrected chi connectivity index (χ0v) is 13.0. The lowest BCUT2D eigenvalue weighted by Crippen LogP contribution is -2.38. The molecule has 0 saturated carbocycles. The first-order chi connectivity index (χ1) is 9.24. The summed E-state index contributed by atoms with van der Waals surface area (Å²) in [4.78, 5) is 21.7. The van der Waals surface area contributed by atoms with Crippen LogP contribution in [0.5, 0.6) is 0 Å². The van der Waals surface area contributed by atoms with Gasteiger partial charge in [-0.3, -0.25) is 4.79 Å². The fourth-order valence-electron chi connectivity index (χ4n) is 0.970. The van der Waals surface area contributed by atoms with Crippen LogP contribution >= 0.6 is 11.6 Å². The van der Waals surface area contributed by atoms with E-state index in [-0.39, 0.29) is 12.5 Å². The lowest BCUT2D eigenvalue weighted by atomic mass is 10.2. The van der Waals surface area contributed by atoms with Crippen LogP contribution in [0, 0.1) is 0 Å². The quantitative estimate of drug-likeness (QED) is 0.882. The van der Waals surface area contributed by atoms with E-state index >= 15 is 0 Å². The van der Waals surface area contributed by atoms with E-state index in [2.05, 4.69) is 10.6 Å². The molecule has 0 aliphatic heterocycles. The standard InChI is InChI=1S/C8H16N2O3.C6H5Cl/c1-8(2,3)13-7(12)10-5-6(11)9-4;7-6-4-2-1-3-5-6/h5H2,1-4H3,(H,9,11)(H,10,12);1-5H. The van der Waals surface area contributed by atoms with Gasteiger partial charge in [-0.25, -0.2) is 4.79 Å². The van der Waals surface area contributed by atoms with Gasteiger partial charge in [-0.1, -0.05) is 29.8 Å². The van der Waals surface area contributed by atoms with Gasteiger partial charge in [0, 0.05) is 12.1 Å². The van der Waals surface area contributed by atoms with Crippen LogP contribution in [0.3, 0.4) is 0 Å². The highest BCUT2D eigenvalue weighted by atomic mass is 35.5. The van der Waals surface area contributed by atoms with Crippen LogP contribution in [0.4, 0.5) is 4.79 Å². The highest BCUT2D eigenvalue weighted by Gasteiger charge is 2.16. The molecule has 0 radical (unpaired) electrons. The molecule has 0 atom stereocenters. The third kappa shape index (κ3) is 11.3. The minimum absolute atomic E-state index is 0.0641. The summed E-state index contributed by atoms with van der Waals surface area (Å²) in [5.41, 5.74) is -0.535.